The van der Waals surface area contributed by atoms with E-state index < -0.39 is 6.04 Å². The average molecular weight is 398 g/mol. The molecule has 0 heterocycles. The maximum absolute atomic E-state index is 12.4. The van der Waals surface area contributed by atoms with E-state index in [1.807, 2.05) is 43.3 Å². The number of likely N-dealkylation sites (N-methyl/N-ethyl adjacent to an activating group) is 1. The third-order valence-corrected chi connectivity index (χ3v) is 4.26. The standard InChI is InChI=1S/C18H21BrN2O.ClH/c1-13-3-7-15(8-4-13)17(20)18(22)21(2)12-11-14-5-9-16(19)10-6-14;/h3-10,17H,11-12,20H2,1-2H3;1H. The van der Waals surface area contributed by atoms with Crippen LogP contribution in [0.2, 0.25) is 0 Å². The van der Waals surface area contributed by atoms with Gasteiger partial charge in [0.2, 0.25) is 5.91 Å². The summed E-state index contributed by atoms with van der Waals surface area (Å²) in [5.41, 5.74) is 9.29. The van der Waals surface area contributed by atoms with E-state index in [0.29, 0.717) is 6.54 Å². The van der Waals surface area contributed by atoms with Crippen molar-refractivity contribution in [2.75, 3.05) is 13.6 Å². The molecular weight excluding hydrogens is 376 g/mol. The Bertz CT molecular complexity index is 628. The summed E-state index contributed by atoms with van der Waals surface area (Å²) in [7, 11) is 1.80. The highest BCUT2D eigenvalue weighted by Crippen LogP contribution is 2.15. The SMILES string of the molecule is Cc1ccc(C(N)C(=O)N(C)CCc2ccc(Br)cc2)cc1.Cl. The predicted molar refractivity (Wildman–Crippen MR) is 101 cm³/mol. The number of rotatable bonds is 5. The number of aryl methyl sites for hydroxylation is 1. The van der Waals surface area contributed by atoms with Gasteiger partial charge < -0.3 is 10.6 Å². The molecule has 0 saturated heterocycles. The van der Waals surface area contributed by atoms with Crippen molar-refractivity contribution in [3.05, 3.63) is 69.7 Å². The molecule has 1 unspecified atom stereocenters. The summed E-state index contributed by atoms with van der Waals surface area (Å²) in [5.74, 6) is -0.0547. The van der Waals surface area contributed by atoms with Gasteiger partial charge in [0.1, 0.15) is 6.04 Å². The molecule has 0 aliphatic heterocycles. The van der Waals surface area contributed by atoms with Crippen LogP contribution in [0.25, 0.3) is 0 Å². The zero-order chi connectivity index (χ0) is 16.1. The zero-order valence-corrected chi connectivity index (χ0v) is 15.7. The minimum absolute atomic E-state index is 0. The number of carbonyl (C=O) groups is 1. The molecule has 0 spiro atoms. The second-order valence-corrected chi connectivity index (χ2v) is 6.44. The molecule has 2 N–H and O–H groups in total. The van der Waals surface area contributed by atoms with Crippen LogP contribution in [0.5, 0.6) is 0 Å². The lowest BCUT2D eigenvalue weighted by atomic mass is 10.0. The lowest BCUT2D eigenvalue weighted by molar-refractivity contribution is -0.131. The van der Waals surface area contributed by atoms with Gasteiger partial charge in [-0.1, -0.05) is 57.9 Å². The van der Waals surface area contributed by atoms with E-state index in [1.165, 1.54) is 5.56 Å². The molecule has 2 aromatic rings. The number of nitrogens with two attached hydrogens (primary N) is 1. The number of hydrogen-bond acceptors (Lipinski definition) is 2. The lowest BCUT2D eigenvalue weighted by Gasteiger charge is -2.21. The highest BCUT2D eigenvalue weighted by atomic mass is 79.9. The van der Waals surface area contributed by atoms with E-state index in [-0.39, 0.29) is 18.3 Å². The summed E-state index contributed by atoms with van der Waals surface area (Å²) < 4.78 is 1.06. The van der Waals surface area contributed by atoms with Crippen LogP contribution in [0.15, 0.2) is 53.0 Å². The predicted octanol–water partition coefficient (Wildman–Crippen LogP) is 3.88. The maximum atomic E-state index is 12.4. The summed E-state index contributed by atoms with van der Waals surface area (Å²) in [6.07, 6.45) is 0.816. The molecule has 2 aromatic carbocycles. The van der Waals surface area contributed by atoms with Gasteiger partial charge in [-0.2, -0.15) is 0 Å². The van der Waals surface area contributed by atoms with E-state index in [9.17, 15) is 4.79 Å². The molecule has 1 atom stereocenters. The van der Waals surface area contributed by atoms with Gasteiger partial charge >= 0.3 is 0 Å². The Labute approximate surface area is 152 Å². The molecule has 0 saturated carbocycles. The fourth-order valence-electron chi connectivity index (χ4n) is 2.21. The van der Waals surface area contributed by atoms with Gasteiger partial charge in [-0.3, -0.25) is 4.79 Å². The summed E-state index contributed by atoms with van der Waals surface area (Å²) >= 11 is 3.42. The highest BCUT2D eigenvalue weighted by molar-refractivity contribution is 9.10. The van der Waals surface area contributed by atoms with E-state index >= 15 is 0 Å². The first kappa shape index (κ1) is 19.7. The average Bonchev–Trinajstić information content (AvgIpc) is 2.53. The van der Waals surface area contributed by atoms with Crippen molar-refractivity contribution in [2.24, 2.45) is 5.73 Å². The van der Waals surface area contributed by atoms with Crippen molar-refractivity contribution < 1.29 is 4.79 Å². The van der Waals surface area contributed by atoms with Crippen LogP contribution >= 0.6 is 28.3 Å². The second kappa shape index (κ2) is 9.06. The zero-order valence-electron chi connectivity index (χ0n) is 13.3. The van der Waals surface area contributed by atoms with Gasteiger partial charge in [0.05, 0.1) is 0 Å². The second-order valence-electron chi connectivity index (χ2n) is 5.52. The van der Waals surface area contributed by atoms with Gasteiger partial charge in [0, 0.05) is 18.1 Å². The van der Waals surface area contributed by atoms with Crippen LogP contribution in [0.3, 0.4) is 0 Å². The number of benzene rings is 2. The third kappa shape index (κ3) is 5.65. The molecule has 1 amide bonds. The monoisotopic (exact) mass is 396 g/mol. The van der Waals surface area contributed by atoms with Crippen LogP contribution < -0.4 is 5.73 Å². The summed E-state index contributed by atoms with van der Waals surface area (Å²) in [5, 5.41) is 0. The number of carbonyl (C=O) groups excluding carboxylic acids is 1. The van der Waals surface area contributed by atoms with Crippen molar-refractivity contribution in [1.29, 1.82) is 0 Å². The molecule has 0 bridgehead atoms. The van der Waals surface area contributed by atoms with Gasteiger partial charge in [-0.05, 0) is 36.6 Å². The number of halogens is 2. The molecule has 0 aliphatic rings. The first-order valence-electron chi connectivity index (χ1n) is 7.29. The van der Waals surface area contributed by atoms with Crippen molar-refractivity contribution in [3.63, 3.8) is 0 Å². The molecule has 0 aliphatic carbocycles. The van der Waals surface area contributed by atoms with Crippen LogP contribution in [0, 0.1) is 6.92 Å². The van der Waals surface area contributed by atoms with E-state index in [2.05, 4.69) is 28.1 Å². The molecule has 2 rings (SSSR count). The molecule has 124 valence electrons. The highest BCUT2D eigenvalue weighted by Gasteiger charge is 2.19. The maximum Gasteiger partial charge on any atom is 0.243 e. The molecule has 0 radical (unpaired) electrons. The Morgan fingerprint density at radius 2 is 1.70 bits per heavy atom. The van der Waals surface area contributed by atoms with Crippen molar-refractivity contribution in [1.82, 2.24) is 4.90 Å². The number of amides is 1. The van der Waals surface area contributed by atoms with Crippen LogP contribution in [-0.2, 0) is 11.2 Å². The Hall–Kier alpha value is -1.36. The normalized spacial score (nSPS) is 11.5. The Kier molecular flexibility index (Phi) is 7.76. The van der Waals surface area contributed by atoms with Gasteiger partial charge in [0.15, 0.2) is 0 Å². The minimum atomic E-state index is -0.601. The van der Waals surface area contributed by atoms with Gasteiger partial charge in [0.25, 0.3) is 0 Å². The largest absolute Gasteiger partial charge is 0.344 e. The Morgan fingerprint density at radius 3 is 2.26 bits per heavy atom. The van der Waals surface area contributed by atoms with Crippen LogP contribution in [-0.4, -0.2) is 24.4 Å². The topological polar surface area (TPSA) is 46.3 Å². The molecule has 3 nitrogen and oxygen atoms in total. The molecular formula is C18H22BrClN2O. The first-order valence-corrected chi connectivity index (χ1v) is 8.08. The smallest absolute Gasteiger partial charge is 0.243 e. The fraction of sp³-hybridized carbons (Fsp3) is 0.278. The molecule has 0 aromatic heterocycles. The summed E-state index contributed by atoms with van der Waals surface area (Å²) in [6, 6.07) is 15.3. The van der Waals surface area contributed by atoms with Gasteiger partial charge in [-0.25, -0.2) is 0 Å². The fourth-order valence-corrected chi connectivity index (χ4v) is 2.48. The van der Waals surface area contributed by atoms with E-state index in [0.717, 1.165) is 22.0 Å². The van der Waals surface area contributed by atoms with Gasteiger partial charge in [-0.15, -0.1) is 12.4 Å². The molecule has 5 heteroatoms. The molecule has 0 fully saturated rings. The van der Waals surface area contributed by atoms with Crippen LogP contribution in [0.1, 0.15) is 22.7 Å². The van der Waals surface area contributed by atoms with Crippen molar-refractivity contribution >= 4 is 34.2 Å². The summed E-state index contributed by atoms with van der Waals surface area (Å²) in [6.45, 7) is 2.67. The van der Waals surface area contributed by atoms with Crippen LogP contribution in [0.4, 0.5) is 0 Å². The van der Waals surface area contributed by atoms with E-state index in [1.54, 1.807) is 11.9 Å². The van der Waals surface area contributed by atoms with Crippen molar-refractivity contribution in [2.45, 2.75) is 19.4 Å². The number of hydrogen-bond donors (Lipinski definition) is 1. The Balaban J connectivity index is 0.00000264. The van der Waals surface area contributed by atoms with E-state index in [4.69, 9.17) is 5.73 Å². The third-order valence-electron chi connectivity index (χ3n) is 3.73. The quantitative estimate of drug-likeness (QED) is 0.832. The summed E-state index contributed by atoms with van der Waals surface area (Å²) in [4.78, 5) is 14.1. The number of nitrogens with zero attached hydrogens (tertiary/aromatic N) is 1. The first-order chi connectivity index (χ1) is 10.5. The lowest BCUT2D eigenvalue weighted by Crippen LogP contribution is -2.37. The molecule has 23 heavy (non-hydrogen) atoms. The Morgan fingerprint density at radius 1 is 1.13 bits per heavy atom. The van der Waals surface area contributed by atoms with Crippen molar-refractivity contribution in [3.8, 4) is 0 Å². The minimum Gasteiger partial charge on any atom is -0.344 e.